The molecule has 0 saturated carbocycles. The summed E-state index contributed by atoms with van der Waals surface area (Å²) in [5.41, 5.74) is 1.63. The molecule has 2 aromatic rings. The summed E-state index contributed by atoms with van der Waals surface area (Å²) in [5.74, 6) is -2.06. The monoisotopic (exact) mass is 431 g/mol. The summed E-state index contributed by atoms with van der Waals surface area (Å²) in [6.07, 6.45) is 9.22. The molecule has 1 aliphatic heterocycles. The number of nitrogens with zero attached hydrogens (tertiary/aromatic N) is 1. The SMILES string of the molecule is O=S(=O)(c1c(F)cccc1F)N1Cc2ccccc2COCC1CC1C=CC=CC1. The van der Waals surface area contributed by atoms with Crippen LogP contribution in [0.25, 0.3) is 0 Å². The van der Waals surface area contributed by atoms with Crippen LogP contribution in [0, 0.1) is 17.6 Å². The van der Waals surface area contributed by atoms with E-state index in [1.165, 1.54) is 4.31 Å². The van der Waals surface area contributed by atoms with Gasteiger partial charge in [0.15, 0.2) is 4.90 Å². The molecule has 2 aliphatic rings. The third-order valence-electron chi connectivity index (χ3n) is 5.55. The standard InChI is InChI=1S/C23H23F2NO3S/c24-21-11-6-12-22(25)23(21)30(27,28)26-14-18-9-4-5-10-19(18)15-29-16-20(26)13-17-7-2-1-3-8-17/h1-7,9-12,17,20H,8,13-16H2. The van der Waals surface area contributed by atoms with Crippen LogP contribution in [0.5, 0.6) is 0 Å². The van der Waals surface area contributed by atoms with Gasteiger partial charge in [0.05, 0.1) is 13.2 Å². The van der Waals surface area contributed by atoms with Crippen molar-refractivity contribution in [2.24, 2.45) is 5.92 Å². The summed E-state index contributed by atoms with van der Waals surface area (Å²) in [5, 5.41) is 0. The summed E-state index contributed by atoms with van der Waals surface area (Å²) in [6.45, 7) is 0.555. The van der Waals surface area contributed by atoms with E-state index >= 15 is 0 Å². The molecular formula is C23H23F2NO3S. The van der Waals surface area contributed by atoms with Crippen molar-refractivity contribution in [1.29, 1.82) is 0 Å². The first-order valence-electron chi connectivity index (χ1n) is 9.90. The molecule has 0 radical (unpaired) electrons. The smallest absolute Gasteiger partial charge is 0.249 e. The Morgan fingerprint density at radius 3 is 2.43 bits per heavy atom. The Kier molecular flexibility index (Phi) is 6.13. The number of hydrogen-bond donors (Lipinski definition) is 0. The maximum atomic E-state index is 14.5. The summed E-state index contributed by atoms with van der Waals surface area (Å²) < 4.78 is 63.0. The van der Waals surface area contributed by atoms with Gasteiger partial charge in [0, 0.05) is 12.6 Å². The van der Waals surface area contributed by atoms with E-state index in [1.807, 2.05) is 48.6 Å². The Bertz CT molecular complexity index is 1060. The second-order valence-electron chi connectivity index (χ2n) is 7.58. The molecule has 4 nitrogen and oxygen atoms in total. The van der Waals surface area contributed by atoms with Crippen LogP contribution >= 0.6 is 0 Å². The van der Waals surface area contributed by atoms with Crippen LogP contribution in [-0.4, -0.2) is 25.4 Å². The lowest BCUT2D eigenvalue weighted by Crippen LogP contribution is -2.45. The molecule has 2 aromatic carbocycles. The molecule has 158 valence electrons. The van der Waals surface area contributed by atoms with Crippen molar-refractivity contribution in [2.75, 3.05) is 6.61 Å². The lowest BCUT2D eigenvalue weighted by Gasteiger charge is -2.35. The minimum Gasteiger partial charge on any atom is -0.375 e. The number of hydrogen-bond acceptors (Lipinski definition) is 3. The van der Waals surface area contributed by atoms with Crippen molar-refractivity contribution in [2.45, 2.75) is 36.9 Å². The Hall–Kier alpha value is -2.35. The van der Waals surface area contributed by atoms with E-state index < -0.39 is 32.6 Å². The van der Waals surface area contributed by atoms with Crippen molar-refractivity contribution in [3.05, 3.63) is 89.5 Å². The number of fused-ring (bicyclic) bond motifs is 1. The molecule has 0 amide bonds. The maximum Gasteiger partial charge on any atom is 0.249 e. The van der Waals surface area contributed by atoms with Crippen LogP contribution in [-0.2, 0) is 27.9 Å². The normalized spacial score (nSPS) is 22.3. The van der Waals surface area contributed by atoms with Crippen molar-refractivity contribution in [3.63, 3.8) is 0 Å². The first kappa shape index (κ1) is 20.9. The number of benzene rings is 2. The van der Waals surface area contributed by atoms with E-state index in [9.17, 15) is 17.2 Å². The molecule has 0 N–H and O–H groups in total. The third-order valence-corrected chi connectivity index (χ3v) is 7.50. The Morgan fingerprint density at radius 2 is 1.73 bits per heavy atom. The summed E-state index contributed by atoms with van der Waals surface area (Å²) in [7, 11) is -4.44. The highest BCUT2D eigenvalue weighted by Crippen LogP contribution is 2.31. The van der Waals surface area contributed by atoms with E-state index in [1.54, 1.807) is 0 Å². The van der Waals surface area contributed by atoms with Gasteiger partial charge < -0.3 is 4.74 Å². The van der Waals surface area contributed by atoms with Gasteiger partial charge in [-0.1, -0.05) is 54.6 Å². The lowest BCUT2D eigenvalue weighted by atomic mass is 9.93. The van der Waals surface area contributed by atoms with Crippen LogP contribution in [0.3, 0.4) is 0 Å². The van der Waals surface area contributed by atoms with Gasteiger partial charge in [0.2, 0.25) is 10.0 Å². The lowest BCUT2D eigenvalue weighted by molar-refractivity contribution is 0.0603. The third kappa shape index (κ3) is 4.24. The van der Waals surface area contributed by atoms with E-state index in [0.717, 1.165) is 35.7 Å². The van der Waals surface area contributed by atoms with Gasteiger partial charge in [-0.15, -0.1) is 0 Å². The highest BCUT2D eigenvalue weighted by atomic mass is 32.2. The number of ether oxygens (including phenoxy) is 1. The topological polar surface area (TPSA) is 46.6 Å². The zero-order chi connectivity index (χ0) is 21.1. The second-order valence-corrected chi connectivity index (χ2v) is 9.41. The van der Waals surface area contributed by atoms with Gasteiger partial charge in [-0.2, -0.15) is 4.31 Å². The molecule has 0 spiro atoms. The largest absolute Gasteiger partial charge is 0.375 e. The average molecular weight is 432 g/mol. The van der Waals surface area contributed by atoms with Crippen molar-refractivity contribution < 1.29 is 21.9 Å². The van der Waals surface area contributed by atoms with Crippen molar-refractivity contribution in [3.8, 4) is 0 Å². The molecule has 30 heavy (non-hydrogen) atoms. The number of rotatable bonds is 4. The predicted octanol–water partition coefficient (Wildman–Crippen LogP) is 4.58. The van der Waals surface area contributed by atoms with Crippen LogP contribution < -0.4 is 0 Å². The summed E-state index contributed by atoms with van der Waals surface area (Å²) in [4.78, 5) is -0.910. The van der Waals surface area contributed by atoms with Crippen LogP contribution in [0.1, 0.15) is 24.0 Å². The summed E-state index contributed by atoms with van der Waals surface area (Å²) in [6, 6.07) is 9.91. The van der Waals surface area contributed by atoms with E-state index in [4.69, 9.17) is 4.74 Å². The zero-order valence-corrected chi connectivity index (χ0v) is 17.2. The minimum atomic E-state index is -4.44. The van der Waals surface area contributed by atoms with Gasteiger partial charge in [0.25, 0.3) is 0 Å². The first-order valence-corrected chi connectivity index (χ1v) is 11.3. The number of halogens is 2. The van der Waals surface area contributed by atoms with Gasteiger partial charge in [-0.25, -0.2) is 17.2 Å². The molecule has 0 bridgehead atoms. The highest BCUT2D eigenvalue weighted by Gasteiger charge is 2.37. The molecule has 2 unspecified atom stereocenters. The van der Waals surface area contributed by atoms with Crippen LogP contribution in [0.4, 0.5) is 8.78 Å². The van der Waals surface area contributed by atoms with E-state index in [0.29, 0.717) is 13.0 Å². The van der Waals surface area contributed by atoms with E-state index in [2.05, 4.69) is 0 Å². The van der Waals surface area contributed by atoms with E-state index in [-0.39, 0.29) is 19.1 Å². The van der Waals surface area contributed by atoms with Gasteiger partial charge in [0.1, 0.15) is 11.6 Å². The Labute approximate surface area is 175 Å². The zero-order valence-electron chi connectivity index (χ0n) is 16.4. The predicted molar refractivity (Wildman–Crippen MR) is 110 cm³/mol. The fourth-order valence-electron chi connectivity index (χ4n) is 4.01. The van der Waals surface area contributed by atoms with Gasteiger partial charge >= 0.3 is 0 Å². The molecule has 0 saturated heterocycles. The Balaban J connectivity index is 1.77. The molecule has 4 rings (SSSR count). The van der Waals surface area contributed by atoms with Gasteiger partial charge in [-0.05, 0) is 42.0 Å². The van der Waals surface area contributed by atoms with Crippen molar-refractivity contribution in [1.82, 2.24) is 4.31 Å². The molecule has 2 atom stereocenters. The second kappa shape index (κ2) is 8.79. The summed E-state index contributed by atoms with van der Waals surface area (Å²) >= 11 is 0. The fourth-order valence-corrected chi connectivity index (χ4v) is 5.72. The molecule has 1 aliphatic carbocycles. The van der Waals surface area contributed by atoms with Crippen LogP contribution in [0.2, 0.25) is 0 Å². The fraction of sp³-hybridized carbons (Fsp3) is 0.304. The quantitative estimate of drug-likeness (QED) is 0.712. The molecular weight excluding hydrogens is 408 g/mol. The molecule has 1 heterocycles. The first-order chi connectivity index (χ1) is 14.5. The van der Waals surface area contributed by atoms with Crippen LogP contribution in [0.15, 0.2) is 71.7 Å². The van der Waals surface area contributed by atoms with Crippen molar-refractivity contribution >= 4 is 10.0 Å². The number of sulfonamides is 1. The molecule has 0 aromatic heterocycles. The van der Waals surface area contributed by atoms with Gasteiger partial charge in [-0.3, -0.25) is 0 Å². The minimum absolute atomic E-state index is 0.0343. The Morgan fingerprint density at radius 1 is 1.00 bits per heavy atom. The average Bonchev–Trinajstić information content (AvgIpc) is 2.71. The maximum absolute atomic E-state index is 14.5. The highest BCUT2D eigenvalue weighted by molar-refractivity contribution is 7.89. The molecule has 7 heteroatoms. The molecule has 0 fully saturated rings. The number of allylic oxidation sites excluding steroid dienone is 4.